The molecule has 7 heteroatoms. The van der Waals surface area contributed by atoms with Gasteiger partial charge in [0.15, 0.2) is 11.5 Å². The number of hydrogen-bond acceptors (Lipinski definition) is 5. The summed E-state index contributed by atoms with van der Waals surface area (Å²) in [6.07, 6.45) is 1.67. The number of fused-ring (bicyclic) bond motifs is 2. The van der Waals surface area contributed by atoms with Crippen LogP contribution in [-0.4, -0.2) is 20.2 Å². The van der Waals surface area contributed by atoms with Crippen LogP contribution in [0.2, 0.25) is 0 Å². The zero-order chi connectivity index (χ0) is 17.4. The molecule has 2 aromatic carbocycles. The summed E-state index contributed by atoms with van der Waals surface area (Å²) < 4.78 is 38.7. The molecule has 0 atom stereocenters. The zero-order valence-electron chi connectivity index (χ0n) is 13.5. The number of sulfonamides is 1. The van der Waals surface area contributed by atoms with Crippen LogP contribution in [0, 0.1) is 6.92 Å². The first-order chi connectivity index (χ1) is 12.0. The molecular weight excluding hydrogens is 340 g/mol. The number of ether oxygens (including phenoxy) is 2. The van der Waals surface area contributed by atoms with E-state index in [2.05, 4.69) is 9.71 Å². The minimum atomic E-state index is -3.70. The van der Waals surface area contributed by atoms with Gasteiger partial charge in [0, 0.05) is 18.1 Å². The maximum absolute atomic E-state index is 12.7. The van der Waals surface area contributed by atoms with Crippen molar-refractivity contribution in [2.45, 2.75) is 18.4 Å². The van der Waals surface area contributed by atoms with Gasteiger partial charge in [-0.15, -0.1) is 0 Å². The Morgan fingerprint density at radius 1 is 1.12 bits per heavy atom. The van der Waals surface area contributed by atoms with Crippen molar-refractivity contribution >= 4 is 20.9 Å². The van der Waals surface area contributed by atoms with Crippen LogP contribution in [0.4, 0.5) is 0 Å². The highest BCUT2D eigenvalue weighted by Gasteiger charge is 2.19. The molecule has 0 fully saturated rings. The van der Waals surface area contributed by atoms with E-state index in [1.807, 2.05) is 19.1 Å². The summed E-state index contributed by atoms with van der Waals surface area (Å²) in [5.41, 5.74) is 2.23. The van der Waals surface area contributed by atoms with E-state index in [0.29, 0.717) is 17.0 Å². The van der Waals surface area contributed by atoms with Gasteiger partial charge in [-0.1, -0.05) is 18.2 Å². The minimum absolute atomic E-state index is 0.154. The maximum atomic E-state index is 12.7. The third kappa shape index (κ3) is 3.04. The predicted octanol–water partition coefficient (Wildman–Crippen LogP) is 2.75. The number of benzene rings is 2. The Bertz CT molecular complexity index is 1060. The molecule has 1 aliphatic rings. The summed E-state index contributed by atoms with van der Waals surface area (Å²) in [7, 11) is -3.70. The van der Waals surface area contributed by atoms with Crippen LogP contribution >= 0.6 is 0 Å². The van der Waals surface area contributed by atoms with Gasteiger partial charge in [0.25, 0.3) is 0 Å². The summed E-state index contributed by atoms with van der Waals surface area (Å²) in [6.45, 7) is 2.26. The lowest BCUT2D eigenvalue weighted by molar-refractivity contribution is 0.174. The topological polar surface area (TPSA) is 77.5 Å². The molecule has 1 N–H and O–H groups in total. The summed E-state index contributed by atoms with van der Waals surface area (Å²) in [4.78, 5) is 4.47. The quantitative estimate of drug-likeness (QED) is 0.778. The first-order valence-electron chi connectivity index (χ1n) is 7.76. The molecule has 0 saturated carbocycles. The molecule has 4 rings (SSSR count). The average molecular weight is 356 g/mol. The first kappa shape index (κ1) is 15.9. The highest BCUT2D eigenvalue weighted by Crippen LogP contribution is 2.32. The fourth-order valence-corrected chi connectivity index (χ4v) is 3.96. The van der Waals surface area contributed by atoms with Crippen LogP contribution in [0.25, 0.3) is 10.9 Å². The van der Waals surface area contributed by atoms with E-state index in [1.54, 1.807) is 36.5 Å². The van der Waals surface area contributed by atoms with Crippen molar-refractivity contribution in [3.05, 3.63) is 59.8 Å². The summed E-state index contributed by atoms with van der Waals surface area (Å²) in [5.74, 6) is 1.29. The van der Waals surface area contributed by atoms with Crippen LogP contribution in [-0.2, 0) is 16.6 Å². The zero-order valence-corrected chi connectivity index (χ0v) is 14.3. The molecule has 3 aromatic rings. The van der Waals surface area contributed by atoms with E-state index >= 15 is 0 Å². The van der Waals surface area contributed by atoms with Gasteiger partial charge in [-0.2, -0.15) is 0 Å². The Kier molecular flexibility index (Phi) is 3.82. The molecule has 25 heavy (non-hydrogen) atoms. The van der Waals surface area contributed by atoms with Crippen molar-refractivity contribution in [2.24, 2.45) is 0 Å². The lowest BCUT2D eigenvalue weighted by Crippen LogP contribution is -2.23. The Labute approximate surface area is 145 Å². The number of para-hydroxylation sites is 1. The molecule has 0 amide bonds. The molecule has 0 bridgehead atoms. The van der Waals surface area contributed by atoms with Crippen molar-refractivity contribution in [1.29, 1.82) is 0 Å². The number of rotatable bonds is 4. The largest absolute Gasteiger partial charge is 0.454 e. The van der Waals surface area contributed by atoms with Crippen molar-refractivity contribution < 1.29 is 17.9 Å². The van der Waals surface area contributed by atoms with Gasteiger partial charge >= 0.3 is 0 Å². The molecule has 128 valence electrons. The summed E-state index contributed by atoms with van der Waals surface area (Å²) in [6, 6.07) is 12.4. The predicted molar refractivity (Wildman–Crippen MR) is 93.1 cm³/mol. The van der Waals surface area contributed by atoms with Gasteiger partial charge in [0.1, 0.15) is 4.90 Å². The normalized spacial score (nSPS) is 13.3. The molecular formula is C18H16N2O4S. The summed E-state index contributed by atoms with van der Waals surface area (Å²) in [5, 5.41) is 0.797. The van der Waals surface area contributed by atoms with Crippen LogP contribution in [0.1, 0.15) is 11.1 Å². The smallest absolute Gasteiger partial charge is 0.243 e. The van der Waals surface area contributed by atoms with Crippen molar-refractivity contribution in [3.63, 3.8) is 0 Å². The molecule has 2 heterocycles. The fourth-order valence-electron chi connectivity index (χ4n) is 2.77. The molecule has 1 aliphatic heterocycles. The lowest BCUT2D eigenvalue weighted by atomic mass is 10.2. The number of aromatic nitrogens is 1. The Morgan fingerprint density at radius 3 is 2.84 bits per heavy atom. The number of hydrogen-bond donors (Lipinski definition) is 1. The fraction of sp³-hybridized carbons (Fsp3) is 0.167. The second-order valence-electron chi connectivity index (χ2n) is 5.85. The molecule has 0 aliphatic carbocycles. The average Bonchev–Trinajstić information content (AvgIpc) is 3.07. The van der Waals surface area contributed by atoms with E-state index in [-0.39, 0.29) is 18.2 Å². The third-order valence-corrected chi connectivity index (χ3v) is 5.44. The standard InChI is InChI=1S/C18H16N2O4S/c1-12-7-14-3-2-4-17(18(14)19-9-12)25(21,22)20-10-13-5-6-15-16(8-13)24-11-23-15/h2-9,20H,10-11H2,1H3. The Hall–Kier alpha value is -2.64. The first-order valence-corrected chi connectivity index (χ1v) is 9.25. The van der Waals surface area contributed by atoms with E-state index < -0.39 is 10.0 Å². The van der Waals surface area contributed by atoms with E-state index in [0.717, 1.165) is 16.5 Å². The Morgan fingerprint density at radius 2 is 1.96 bits per heavy atom. The van der Waals surface area contributed by atoms with Gasteiger partial charge in [0.05, 0.1) is 5.52 Å². The van der Waals surface area contributed by atoms with E-state index in [9.17, 15) is 8.42 Å². The van der Waals surface area contributed by atoms with Gasteiger partial charge in [-0.25, -0.2) is 13.1 Å². The number of aryl methyl sites for hydroxylation is 1. The number of nitrogens with one attached hydrogen (secondary N) is 1. The van der Waals surface area contributed by atoms with Gasteiger partial charge < -0.3 is 9.47 Å². The highest BCUT2D eigenvalue weighted by molar-refractivity contribution is 7.89. The lowest BCUT2D eigenvalue weighted by Gasteiger charge is -2.10. The molecule has 0 saturated heterocycles. The van der Waals surface area contributed by atoms with Gasteiger partial charge in [-0.3, -0.25) is 4.98 Å². The van der Waals surface area contributed by atoms with Crippen LogP contribution in [0.5, 0.6) is 11.5 Å². The molecule has 0 radical (unpaired) electrons. The SMILES string of the molecule is Cc1cnc2c(S(=O)(=O)NCc3ccc4c(c3)OCO4)cccc2c1. The van der Waals surface area contributed by atoms with Crippen molar-refractivity contribution in [3.8, 4) is 11.5 Å². The molecule has 1 aromatic heterocycles. The highest BCUT2D eigenvalue weighted by atomic mass is 32.2. The van der Waals surface area contributed by atoms with Crippen LogP contribution < -0.4 is 14.2 Å². The molecule has 6 nitrogen and oxygen atoms in total. The van der Waals surface area contributed by atoms with Gasteiger partial charge in [0.2, 0.25) is 16.8 Å². The monoisotopic (exact) mass is 356 g/mol. The third-order valence-electron chi connectivity index (χ3n) is 4.00. The Balaban J connectivity index is 1.62. The van der Waals surface area contributed by atoms with Crippen molar-refractivity contribution in [2.75, 3.05) is 6.79 Å². The number of pyridine rings is 1. The number of nitrogens with zero attached hydrogens (tertiary/aromatic N) is 1. The van der Waals surface area contributed by atoms with E-state index in [1.165, 1.54) is 0 Å². The second-order valence-corrected chi connectivity index (χ2v) is 7.59. The molecule has 0 spiro atoms. The van der Waals surface area contributed by atoms with Crippen LogP contribution in [0.15, 0.2) is 53.6 Å². The second kappa shape index (κ2) is 6.02. The van der Waals surface area contributed by atoms with Crippen molar-refractivity contribution in [1.82, 2.24) is 9.71 Å². The summed E-state index contributed by atoms with van der Waals surface area (Å²) >= 11 is 0. The van der Waals surface area contributed by atoms with Gasteiger partial charge in [-0.05, 0) is 42.3 Å². The maximum Gasteiger partial charge on any atom is 0.243 e. The van der Waals surface area contributed by atoms with E-state index in [4.69, 9.17) is 9.47 Å². The van der Waals surface area contributed by atoms with Crippen LogP contribution in [0.3, 0.4) is 0 Å². The minimum Gasteiger partial charge on any atom is -0.454 e. The molecule has 0 unspecified atom stereocenters.